The molecule has 2 N–H and O–H groups in total. The summed E-state index contributed by atoms with van der Waals surface area (Å²) in [5.74, 6) is -2.59. The first-order valence-corrected chi connectivity index (χ1v) is 8.51. The predicted molar refractivity (Wildman–Crippen MR) is 97.0 cm³/mol. The molecule has 0 saturated carbocycles. The van der Waals surface area contributed by atoms with Crippen LogP contribution >= 0.6 is 0 Å². The minimum atomic E-state index is -0.812. The van der Waals surface area contributed by atoms with Crippen molar-refractivity contribution in [2.24, 2.45) is 0 Å². The van der Waals surface area contributed by atoms with E-state index in [4.69, 9.17) is 10.2 Å². The van der Waals surface area contributed by atoms with Crippen molar-refractivity contribution in [3.8, 4) is 0 Å². The minimum Gasteiger partial charge on any atom is -0.481 e. The Morgan fingerprint density at radius 1 is 0.720 bits per heavy atom. The smallest absolute Gasteiger partial charge is 0.310 e. The second-order valence-electron chi connectivity index (χ2n) is 6.46. The molecule has 0 amide bonds. The number of aryl methyl sites for hydroxylation is 2. The summed E-state index contributed by atoms with van der Waals surface area (Å²) in [6, 6.07) is 15.5. The Labute approximate surface area is 148 Å². The number of rotatable bonds is 8. The average molecular weight is 340 g/mol. The lowest BCUT2D eigenvalue weighted by molar-refractivity contribution is -0.139. The van der Waals surface area contributed by atoms with E-state index in [1.165, 1.54) is 11.1 Å². The fourth-order valence-electron chi connectivity index (χ4n) is 2.73. The van der Waals surface area contributed by atoms with E-state index in [2.05, 4.69) is 0 Å². The highest BCUT2D eigenvalue weighted by Gasteiger charge is 2.13. The molecule has 0 heterocycles. The maximum absolute atomic E-state index is 11.0. The first-order valence-electron chi connectivity index (χ1n) is 8.51. The van der Waals surface area contributed by atoms with E-state index in [0.29, 0.717) is 0 Å². The fourth-order valence-corrected chi connectivity index (χ4v) is 2.73. The van der Waals surface area contributed by atoms with Gasteiger partial charge in [0.15, 0.2) is 0 Å². The van der Waals surface area contributed by atoms with E-state index in [1.807, 2.05) is 48.5 Å². The summed E-state index contributed by atoms with van der Waals surface area (Å²) in [4.78, 5) is 22.0. The predicted octanol–water partition coefficient (Wildman–Crippen LogP) is 4.24. The van der Waals surface area contributed by atoms with Crippen molar-refractivity contribution in [1.82, 2.24) is 0 Å². The van der Waals surface area contributed by atoms with Gasteiger partial charge in [-0.25, -0.2) is 0 Å². The van der Waals surface area contributed by atoms with Crippen LogP contribution in [-0.4, -0.2) is 22.2 Å². The molecule has 2 rings (SSSR count). The lowest BCUT2D eigenvalue weighted by atomic mass is 9.96. The van der Waals surface area contributed by atoms with Crippen LogP contribution in [-0.2, 0) is 22.4 Å². The molecule has 132 valence electrons. The molecule has 0 bridgehead atoms. The van der Waals surface area contributed by atoms with Crippen LogP contribution in [0.2, 0.25) is 0 Å². The first-order chi connectivity index (χ1) is 11.9. The molecular formula is C21H24O4. The lowest BCUT2D eigenvalue weighted by Gasteiger charge is -2.09. The summed E-state index contributed by atoms with van der Waals surface area (Å²) in [7, 11) is 0. The molecule has 2 aromatic carbocycles. The molecule has 2 unspecified atom stereocenters. The Balaban J connectivity index is 1.86. The van der Waals surface area contributed by atoms with E-state index in [0.717, 1.165) is 30.4 Å². The second-order valence-corrected chi connectivity index (χ2v) is 6.46. The Kier molecular flexibility index (Phi) is 6.34. The molecule has 0 spiro atoms. The zero-order chi connectivity index (χ0) is 18.4. The maximum Gasteiger partial charge on any atom is 0.310 e. The van der Waals surface area contributed by atoms with Crippen LogP contribution in [0, 0.1) is 0 Å². The van der Waals surface area contributed by atoms with Crippen LogP contribution in [0.3, 0.4) is 0 Å². The van der Waals surface area contributed by atoms with Gasteiger partial charge in [-0.1, -0.05) is 48.5 Å². The van der Waals surface area contributed by atoms with Crippen molar-refractivity contribution in [1.29, 1.82) is 0 Å². The van der Waals surface area contributed by atoms with Crippen LogP contribution in [0.15, 0.2) is 48.5 Å². The largest absolute Gasteiger partial charge is 0.481 e. The quantitative estimate of drug-likeness (QED) is 0.754. The first kappa shape index (κ1) is 18.7. The number of carboxylic acid groups (broad SMARTS) is 2. The van der Waals surface area contributed by atoms with E-state index in [-0.39, 0.29) is 0 Å². The molecule has 0 aliphatic rings. The number of hydrogen-bond acceptors (Lipinski definition) is 2. The van der Waals surface area contributed by atoms with Crippen LogP contribution in [0.4, 0.5) is 0 Å². The van der Waals surface area contributed by atoms with Gasteiger partial charge in [0.05, 0.1) is 11.8 Å². The van der Waals surface area contributed by atoms with E-state index < -0.39 is 23.8 Å². The fraction of sp³-hybridized carbons (Fsp3) is 0.333. The van der Waals surface area contributed by atoms with Crippen molar-refractivity contribution in [3.05, 3.63) is 70.8 Å². The Hall–Kier alpha value is -2.62. The molecule has 4 heteroatoms. The highest BCUT2D eigenvalue weighted by atomic mass is 16.4. The molecule has 0 radical (unpaired) electrons. The number of hydrogen-bond donors (Lipinski definition) is 2. The SMILES string of the molecule is CC(C(=O)O)c1ccc(CCCc2ccc(C(C)C(=O)O)cc2)cc1. The number of carboxylic acids is 2. The minimum absolute atomic E-state index is 0.485. The van der Waals surface area contributed by atoms with Crippen LogP contribution in [0.5, 0.6) is 0 Å². The van der Waals surface area contributed by atoms with Gasteiger partial charge in [0.2, 0.25) is 0 Å². The van der Waals surface area contributed by atoms with Gasteiger partial charge in [-0.3, -0.25) is 9.59 Å². The molecule has 0 aliphatic carbocycles. The highest BCUT2D eigenvalue weighted by molar-refractivity contribution is 5.75. The standard InChI is InChI=1S/C21H24O4/c1-14(20(22)23)18-10-6-16(7-11-18)4-3-5-17-8-12-19(13-9-17)15(2)21(24)25/h6-15H,3-5H2,1-2H3,(H,22,23)(H,24,25). The average Bonchev–Trinajstić information content (AvgIpc) is 2.61. The van der Waals surface area contributed by atoms with Crippen LogP contribution in [0.25, 0.3) is 0 Å². The molecule has 0 aliphatic heterocycles. The van der Waals surface area contributed by atoms with Crippen molar-refractivity contribution < 1.29 is 19.8 Å². The van der Waals surface area contributed by atoms with Crippen molar-refractivity contribution in [2.75, 3.05) is 0 Å². The van der Waals surface area contributed by atoms with Gasteiger partial charge in [0.1, 0.15) is 0 Å². The summed E-state index contributed by atoms with van der Waals surface area (Å²) in [5, 5.41) is 18.0. The molecule has 2 aromatic rings. The molecule has 0 aromatic heterocycles. The Bertz CT molecular complexity index is 653. The number of aliphatic carboxylic acids is 2. The molecule has 4 nitrogen and oxygen atoms in total. The normalized spacial score (nSPS) is 13.2. The summed E-state index contributed by atoms with van der Waals surface area (Å²) in [6.07, 6.45) is 2.84. The zero-order valence-electron chi connectivity index (χ0n) is 14.6. The van der Waals surface area contributed by atoms with E-state index >= 15 is 0 Å². The Morgan fingerprint density at radius 2 is 1.04 bits per heavy atom. The van der Waals surface area contributed by atoms with Gasteiger partial charge in [0, 0.05) is 0 Å². The van der Waals surface area contributed by atoms with E-state index in [9.17, 15) is 9.59 Å². The number of benzene rings is 2. The Morgan fingerprint density at radius 3 is 1.32 bits per heavy atom. The van der Waals surface area contributed by atoms with Gasteiger partial charge in [-0.2, -0.15) is 0 Å². The maximum atomic E-state index is 11.0. The summed E-state index contributed by atoms with van der Waals surface area (Å²) >= 11 is 0. The van der Waals surface area contributed by atoms with E-state index in [1.54, 1.807) is 13.8 Å². The van der Waals surface area contributed by atoms with Crippen molar-refractivity contribution >= 4 is 11.9 Å². The van der Waals surface area contributed by atoms with Gasteiger partial charge < -0.3 is 10.2 Å². The van der Waals surface area contributed by atoms with Crippen molar-refractivity contribution in [2.45, 2.75) is 44.9 Å². The van der Waals surface area contributed by atoms with Gasteiger partial charge in [-0.05, 0) is 55.4 Å². The molecule has 25 heavy (non-hydrogen) atoms. The summed E-state index contributed by atoms with van der Waals surface area (Å²) in [5.41, 5.74) is 4.02. The molecule has 0 fully saturated rings. The van der Waals surface area contributed by atoms with Crippen molar-refractivity contribution in [3.63, 3.8) is 0 Å². The van der Waals surface area contributed by atoms with Gasteiger partial charge >= 0.3 is 11.9 Å². The molecule has 0 saturated heterocycles. The van der Waals surface area contributed by atoms with Crippen LogP contribution in [0.1, 0.15) is 54.4 Å². The molecule has 2 atom stereocenters. The topological polar surface area (TPSA) is 74.6 Å². The van der Waals surface area contributed by atoms with Gasteiger partial charge in [0.25, 0.3) is 0 Å². The molecular weight excluding hydrogens is 316 g/mol. The second kappa shape index (κ2) is 8.47. The number of carbonyl (C=O) groups is 2. The summed E-state index contributed by atoms with van der Waals surface area (Å²) < 4.78 is 0. The van der Waals surface area contributed by atoms with Gasteiger partial charge in [-0.15, -0.1) is 0 Å². The lowest BCUT2D eigenvalue weighted by Crippen LogP contribution is -2.07. The monoisotopic (exact) mass is 340 g/mol. The third kappa shape index (κ3) is 5.18. The van der Waals surface area contributed by atoms with Crippen LogP contribution < -0.4 is 0 Å². The zero-order valence-corrected chi connectivity index (χ0v) is 14.6. The third-order valence-corrected chi connectivity index (χ3v) is 4.63. The third-order valence-electron chi connectivity index (χ3n) is 4.63. The highest BCUT2D eigenvalue weighted by Crippen LogP contribution is 2.19. The summed E-state index contributed by atoms with van der Waals surface area (Å²) in [6.45, 7) is 3.37.